The number of esters is 2. The smallest absolute Gasteiger partial charge is 0.465 e. The number of alkyl halides is 6. The number of hydrogen-bond acceptors (Lipinski definition) is 8. The van der Waals surface area contributed by atoms with Gasteiger partial charge in [0.25, 0.3) is 0 Å². The molecule has 0 spiro atoms. The van der Waals surface area contributed by atoms with Crippen molar-refractivity contribution < 1.29 is 54.9 Å². The second-order valence-corrected chi connectivity index (χ2v) is 8.24. The van der Waals surface area contributed by atoms with E-state index in [4.69, 9.17) is 23.2 Å². The van der Waals surface area contributed by atoms with Crippen LogP contribution in [-0.4, -0.2) is 48.9 Å². The van der Waals surface area contributed by atoms with Crippen LogP contribution in [0.2, 0.25) is 10.0 Å². The zero-order valence-corrected chi connectivity index (χ0v) is 21.5. The topological polar surface area (TPSA) is 96.8 Å². The molecule has 0 atom stereocenters. The Labute approximate surface area is 230 Å². The van der Waals surface area contributed by atoms with Crippen molar-refractivity contribution in [2.24, 2.45) is 0 Å². The van der Waals surface area contributed by atoms with Crippen LogP contribution >= 0.6 is 23.2 Å². The Balaban J connectivity index is 0.000000220. The molecule has 40 heavy (non-hydrogen) atoms. The lowest BCUT2D eigenvalue weighted by atomic mass is 10.1. The number of carbonyl (C=O) groups excluding carboxylic acids is 2. The number of hydrogen-bond donors (Lipinski definition) is 0. The molecule has 2 aromatic carbocycles. The first-order valence-electron chi connectivity index (χ1n) is 10.5. The average molecular weight is 611 g/mol. The predicted octanol–water partition coefficient (Wildman–Crippen LogP) is 7.15. The van der Waals surface area contributed by atoms with Crippen molar-refractivity contribution in [3.63, 3.8) is 0 Å². The maximum atomic E-state index is 12.2. The summed E-state index contributed by atoms with van der Waals surface area (Å²) >= 11 is 11.5. The van der Waals surface area contributed by atoms with Gasteiger partial charge in [0.15, 0.2) is 0 Å². The van der Waals surface area contributed by atoms with Gasteiger partial charge in [-0.25, -0.2) is 9.59 Å². The zero-order valence-electron chi connectivity index (χ0n) is 20.0. The summed E-state index contributed by atoms with van der Waals surface area (Å²) in [6.07, 6.45) is -7.33. The van der Waals surface area contributed by atoms with E-state index in [0.717, 1.165) is 18.3 Å². The van der Waals surface area contributed by atoms with E-state index in [1.54, 1.807) is 0 Å². The van der Waals surface area contributed by atoms with Crippen LogP contribution in [0.4, 0.5) is 26.3 Å². The van der Waals surface area contributed by atoms with Crippen molar-refractivity contribution in [3.8, 4) is 11.5 Å². The first-order chi connectivity index (χ1) is 18.6. The average Bonchev–Trinajstić information content (AvgIpc) is 2.88. The van der Waals surface area contributed by atoms with E-state index < -0.39 is 36.2 Å². The summed E-state index contributed by atoms with van der Waals surface area (Å²) in [6, 6.07) is 7.49. The molecule has 16 heteroatoms. The lowest BCUT2D eigenvalue weighted by Gasteiger charge is -2.11. The molecule has 0 radical (unpaired) electrons. The molecule has 0 fully saturated rings. The number of nitrogens with zero attached hydrogens (tertiary/aromatic N) is 2. The molecule has 0 aliphatic rings. The third-order valence-corrected chi connectivity index (χ3v) is 5.44. The largest absolute Gasteiger partial charge is 0.573 e. The van der Waals surface area contributed by atoms with Crippen LogP contribution < -0.4 is 9.47 Å². The quantitative estimate of drug-likeness (QED) is 0.177. The Morgan fingerprint density at radius 1 is 0.725 bits per heavy atom. The third kappa shape index (κ3) is 7.76. The predicted molar refractivity (Wildman–Crippen MR) is 130 cm³/mol. The maximum absolute atomic E-state index is 12.2. The van der Waals surface area contributed by atoms with Gasteiger partial charge in [-0.15, -0.1) is 26.3 Å². The second-order valence-electron chi connectivity index (χ2n) is 7.45. The molecule has 0 unspecified atom stereocenters. The standard InChI is InChI=1S/2C12H7ClF3NO3/c1-19-11(18)7-2-6-3-8(13)10(20-12(14,15)16)4-9(6)17-5-7;1-19-11(18)7-4-6-2-3-8(20-12(14,15)16)9(13)10(6)17-5-7/h2*2-5H,1H3. The van der Waals surface area contributed by atoms with Crippen molar-refractivity contribution >= 4 is 56.9 Å². The number of carbonyl (C=O) groups is 2. The van der Waals surface area contributed by atoms with Crippen LogP contribution in [-0.2, 0) is 9.47 Å². The Morgan fingerprint density at radius 2 is 1.25 bits per heavy atom. The summed E-state index contributed by atoms with van der Waals surface area (Å²) in [4.78, 5) is 30.4. The first kappa shape index (κ1) is 30.5. The van der Waals surface area contributed by atoms with Gasteiger partial charge in [-0.2, -0.15) is 0 Å². The number of rotatable bonds is 4. The van der Waals surface area contributed by atoms with Gasteiger partial charge in [0, 0.05) is 29.2 Å². The molecule has 4 rings (SSSR count). The normalized spacial score (nSPS) is 11.4. The number of benzene rings is 2. The van der Waals surface area contributed by atoms with Crippen molar-refractivity contribution in [2.45, 2.75) is 12.7 Å². The molecule has 0 aliphatic heterocycles. The van der Waals surface area contributed by atoms with E-state index in [1.807, 2.05) is 0 Å². The number of aromatic nitrogens is 2. The second kappa shape index (κ2) is 12.0. The molecule has 0 saturated carbocycles. The van der Waals surface area contributed by atoms with Crippen LogP contribution in [0.25, 0.3) is 21.8 Å². The van der Waals surface area contributed by atoms with Crippen molar-refractivity contribution in [1.82, 2.24) is 9.97 Å². The number of fused-ring (bicyclic) bond motifs is 2. The van der Waals surface area contributed by atoms with E-state index in [9.17, 15) is 35.9 Å². The minimum Gasteiger partial charge on any atom is -0.465 e. The highest BCUT2D eigenvalue weighted by Gasteiger charge is 2.33. The van der Waals surface area contributed by atoms with Gasteiger partial charge in [0.2, 0.25) is 0 Å². The Hall–Kier alpha value is -4.04. The fourth-order valence-electron chi connectivity index (χ4n) is 3.14. The number of ether oxygens (including phenoxy) is 4. The number of pyridine rings is 2. The first-order valence-corrected chi connectivity index (χ1v) is 11.2. The molecule has 0 saturated heterocycles. The van der Waals surface area contributed by atoms with E-state index in [0.29, 0.717) is 10.8 Å². The van der Waals surface area contributed by atoms with Gasteiger partial charge >= 0.3 is 24.7 Å². The molecule has 2 heterocycles. The molecule has 4 aromatic rings. The number of methoxy groups -OCH3 is 2. The molecule has 212 valence electrons. The zero-order chi connectivity index (χ0) is 29.8. The third-order valence-electron chi connectivity index (χ3n) is 4.78. The van der Waals surface area contributed by atoms with Gasteiger partial charge in [0.05, 0.1) is 41.4 Å². The Bertz CT molecular complexity index is 1540. The number of halogens is 8. The summed E-state index contributed by atoms with van der Waals surface area (Å²) < 4.78 is 89.6. The highest BCUT2D eigenvalue weighted by atomic mass is 35.5. The van der Waals surface area contributed by atoms with Crippen molar-refractivity contribution in [2.75, 3.05) is 14.2 Å². The van der Waals surface area contributed by atoms with Crippen LogP contribution in [0.15, 0.2) is 48.8 Å². The lowest BCUT2D eigenvalue weighted by Crippen LogP contribution is -2.17. The monoisotopic (exact) mass is 610 g/mol. The SMILES string of the molecule is COC(=O)c1cnc2c(Cl)c(OC(F)(F)F)ccc2c1.COC(=O)c1cnc2cc(OC(F)(F)F)c(Cl)cc2c1. The van der Waals surface area contributed by atoms with Crippen molar-refractivity contribution in [3.05, 3.63) is 70.0 Å². The summed E-state index contributed by atoms with van der Waals surface area (Å²) in [7, 11) is 2.42. The highest BCUT2D eigenvalue weighted by molar-refractivity contribution is 6.36. The van der Waals surface area contributed by atoms with Crippen LogP contribution in [0.5, 0.6) is 11.5 Å². The maximum Gasteiger partial charge on any atom is 0.573 e. The fraction of sp³-hybridized carbons (Fsp3) is 0.167. The molecule has 0 N–H and O–H groups in total. The van der Waals surface area contributed by atoms with Crippen LogP contribution in [0, 0.1) is 0 Å². The fourth-order valence-corrected chi connectivity index (χ4v) is 3.61. The molecule has 2 aromatic heterocycles. The van der Waals surface area contributed by atoms with Gasteiger partial charge in [-0.3, -0.25) is 9.97 Å². The van der Waals surface area contributed by atoms with Gasteiger partial charge in [-0.05, 0) is 30.3 Å². The van der Waals surface area contributed by atoms with Crippen LogP contribution in [0.3, 0.4) is 0 Å². The molecular weight excluding hydrogens is 597 g/mol. The minimum atomic E-state index is -4.84. The molecule has 8 nitrogen and oxygen atoms in total. The summed E-state index contributed by atoms with van der Waals surface area (Å²) in [5.74, 6) is -2.31. The van der Waals surface area contributed by atoms with Gasteiger partial charge in [0.1, 0.15) is 16.5 Å². The molecule has 0 aliphatic carbocycles. The van der Waals surface area contributed by atoms with Gasteiger partial charge < -0.3 is 18.9 Å². The summed E-state index contributed by atoms with van der Waals surface area (Å²) in [6.45, 7) is 0. The van der Waals surface area contributed by atoms with E-state index in [2.05, 4.69) is 28.9 Å². The molecular formula is C24H14Cl2F6N2O6. The summed E-state index contributed by atoms with van der Waals surface area (Å²) in [5, 5.41) is 0.273. The Kier molecular flexibility index (Phi) is 9.15. The molecule has 0 amide bonds. The highest BCUT2D eigenvalue weighted by Crippen LogP contribution is 2.35. The van der Waals surface area contributed by atoms with E-state index in [-0.39, 0.29) is 32.2 Å². The molecule has 0 bridgehead atoms. The van der Waals surface area contributed by atoms with Crippen molar-refractivity contribution in [1.29, 1.82) is 0 Å². The Morgan fingerprint density at radius 3 is 1.80 bits per heavy atom. The lowest BCUT2D eigenvalue weighted by molar-refractivity contribution is -0.275. The van der Waals surface area contributed by atoms with Crippen LogP contribution in [0.1, 0.15) is 20.7 Å². The minimum absolute atomic E-state index is 0.0982. The van der Waals surface area contributed by atoms with Gasteiger partial charge in [-0.1, -0.05) is 23.2 Å². The van der Waals surface area contributed by atoms with E-state index in [1.165, 1.54) is 44.7 Å². The summed E-state index contributed by atoms with van der Waals surface area (Å²) in [5.41, 5.74) is 0.642. The van der Waals surface area contributed by atoms with E-state index >= 15 is 0 Å².